The Morgan fingerprint density at radius 1 is 1.21 bits per heavy atom. The second-order valence-electron chi connectivity index (χ2n) is 6.31. The maximum Gasteiger partial charge on any atom is 0.354 e. The number of carbonyl (C=O) groups excluding carboxylic acids is 2. The third-order valence-corrected chi connectivity index (χ3v) is 8.22. The van der Waals surface area contributed by atoms with Crippen molar-refractivity contribution in [2.45, 2.75) is 0 Å². The van der Waals surface area contributed by atoms with Gasteiger partial charge < -0.3 is 18.0 Å². The van der Waals surface area contributed by atoms with E-state index < -0.39 is 22.5 Å². The highest BCUT2D eigenvalue weighted by molar-refractivity contribution is 8.42. The lowest BCUT2D eigenvalue weighted by Crippen LogP contribution is -2.27. The highest BCUT2D eigenvalue weighted by Gasteiger charge is 2.52. The number of rotatable bonds is 3. The van der Waals surface area contributed by atoms with Crippen LogP contribution >= 0.6 is 21.9 Å². The van der Waals surface area contributed by atoms with Crippen molar-refractivity contribution >= 4 is 54.8 Å². The zero-order valence-corrected chi connectivity index (χ0v) is 16.5. The third-order valence-electron chi connectivity index (χ3n) is 4.67. The van der Waals surface area contributed by atoms with Crippen molar-refractivity contribution in [1.82, 2.24) is 4.90 Å². The summed E-state index contributed by atoms with van der Waals surface area (Å²) in [6.45, 7) is 1.32. The summed E-state index contributed by atoms with van der Waals surface area (Å²) in [6.07, 6.45) is 2.18. The largest absolute Gasteiger partial charge is 0.379 e. The fraction of sp³-hybridized carbons (Fsp3) is 0.211. The van der Waals surface area contributed by atoms with E-state index in [9.17, 15) is 9.59 Å². The predicted molar refractivity (Wildman–Crippen MR) is 109 cm³/mol. The van der Waals surface area contributed by atoms with Gasteiger partial charge in [-0.05, 0) is 16.7 Å². The van der Waals surface area contributed by atoms with Crippen molar-refractivity contribution in [2.24, 2.45) is 4.99 Å². The van der Waals surface area contributed by atoms with Crippen molar-refractivity contribution in [3.63, 3.8) is 0 Å². The van der Waals surface area contributed by atoms with E-state index in [1.54, 1.807) is 18.4 Å². The first-order chi connectivity index (χ1) is 13.6. The summed E-state index contributed by atoms with van der Waals surface area (Å²) in [7, 11) is -1.29. The molecular formula is C19H16N2O5S2. The Balaban J connectivity index is 1.78. The molecule has 0 saturated heterocycles. The highest BCUT2D eigenvalue weighted by Crippen LogP contribution is 2.68. The molecule has 0 N–H and O–H groups in total. The Bertz CT molecular complexity index is 1080. The fourth-order valence-corrected chi connectivity index (χ4v) is 7.21. The summed E-state index contributed by atoms with van der Waals surface area (Å²) in [5, 5.41) is 3.65. The van der Waals surface area contributed by atoms with Crippen LogP contribution in [0.4, 0.5) is 0 Å². The molecule has 1 spiro atoms. The Labute approximate surface area is 166 Å². The first-order valence-electron chi connectivity index (χ1n) is 8.63. The van der Waals surface area contributed by atoms with Gasteiger partial charge in [-0.3, -0.25) is 0 Å². The van der Waals surface area contributed by atoms with E-state index in [4.69, 9.17) is 13.1 Å². The summed E-state index contributed by atoms with van der Waals surface area (Å²) < 4.78 is 18.1. The SMILES string of the molecule is COCC1=C(c2csc3ccccc23)N2CCN=C2S12OC(=O)C=CC(=O)O2. The molecule has 0 aliphatic carbocycles. The van der Waals surface area contributed by atoms with Gasteiger partial charge in [-0.15, -0.1) is 11.3 Å². The average Bonchev–Trinajstić information content (AvgIpc) is 3.35. The van der Waals surface area contributed by atoms with Crippen molar-refractivity contribution in [3.8, 4) is 0 Å². The molecule has 0 saturated carbocycles. The predicted octanol–water partition coefficient (Wildman–Crippen LogP) is 3.19. The van der Waals surface area contributed by atoms with E-state index >= 15 is 0 Å². The smallest absolute Gasteiger partial charge is 0.354 e. The van der Waals surface area contributed by atoms with Crippen LogP contribution in [0.5, 0.6) is 0 Å². The van der Waals surface area contributed by atoms with Crippen LogP contribution < -0.4 is 0 Å². The lowest BCUT2D eigenvalue weighted by Gasteiger charge is -2.37. The molecule has 3 aliphatic rings. The van der Waals surface area contributed by atoms with Crippen molar-refractivity contribution in [3.05, 3.63) is 52.3 Å². The molecule has 0 bridgehead atoms. The molecule has 2 aromatic rings. The number of benzene rings is 1. The number of hydrogen-bond donors (Lipinski definition) is 0. The molecule has 4 heterocycles. The number of aliphatic imine (C=N–C) groups is 1. The average molecular weight is 416 g/mol. The molecule has 1 aromatic carbocycles. The van der Waals surface area contributed by atoms with Crippen LogP contribution in [0.3, 0.4) is 0 Å². The second kappa shape index (κ2) is 6.47. The van der Waals surface area contributed by atoms with Gasteiger partial charge in [-0.25, -0.2) is 14.6 Å². The normalized spacial score (nSPS) is 21.6. The standard InChI is InChI=1S/C19H16N2O5S2/c1-24-10-15-18(13-11-27-14-5-3-2-4-12(13)14)21-9-8-20-19(21)28(15)25-16(22)6-7-17(23)26-28/h2-7,11H,8-10H2,1H3. The first-order valence-corrected chi connectivity index (χ1v) is 11.0. The minimum atomic E-state index is -2.85. The third kappa shape index (κ3) is 2.43. The van der Waals surface area contributed by atoms with Gasteiger partial charge >= 0.3 is 11.9 Å². The molecule has 0 fully saturated rings. The minimum absolute atomic E-state index is 0.158. The Kier molecular flexibility index (Phi) is 4.04. The van der Waals surface area contributed by atoms with E-state index in [1.807, 2.05) is 17.0 Å². The molecule has 5 rings (SSSR count). The Hall–Kier alpha value is -2.62. The molecule has 1 aromatic heterocycles. The van der Waals surface area contributed by atoms with Crippen LogP contribution in [0.25, 0.3) is 15.8 Å². The van der Waals surface area contributed by atoms with Crippen molar-refractivity contribution in [2.75, 3.05) is 26.8 Å². The lowest BCUT2D eigenvalue weighted by molar-refractivity contribution is -0.129. The van der Waals surface area contributed by atoms with Gasteiger partial charge in [0.25, 0.3) is 0 Å². The summed E-state index contributed by atoms with van der Waals surface area (Å²) in [5.41, 5.74) is 1.85. The van der Waals surface area contributed by atoms with Gasteiger partial charge in [-0.1, -0.05) is 18.2 Å². The fourth-order valence-electron chi connectivity index (χ4n) is 3.60. The van der Waals surface area contributed by atoms with E-state index in [1.165, 1.54) is 0 Å². The van der Waals surface area contributed by atoms with Gasteiger partial charge in [0.2, 0.25) is 5.17 Å². The van der Waals surface area contributed by atoms with E-state index in [2.05, 4.69) is 22.5 Å². The number of amidine groups is 1. The summed E-state index contributed by atoms with van der Waals surface area (Å²) in [5.74, 6) is -1.25. The molecule has 28 heavy (non-hydrogen) atoms. The molecular weight excluding hydrogens is 400 g/mol. The highest BCUT2D eigenvalue weighted by atomic mass is 32.3. The molecule has 3 aliphatic heterocycles. The minimum Gasteiger partial charge on any atom is -0.379 e. The van der Waals surface area contributed by atoms with Crippen LogP contribution in [0.2, 0.25) is 0 Å². The zero-order chi connectivity index (χ0) is 19.3. The van der Waals surface area contributed by atoms with Gasteiger partial charge in [-0.2, -0.15) is 0 Å². The van der Waals surface area contributed by atoms with Crippen LogP contribution in [-0.2, 0) is 22.7 Å². The van der Waals surface area contributed by atoms with Crippen LogP contribution in [-0.4, -0.2) is 48.8 Å². The molecule has 144 valence electrons. The molecule has 7 nitrogen and oxygen atoms in total. The van der Waals surface area contributed by atoms with Gasteiger partial charge in [0.1, 0.15) is 4.91 Å². The quantitative estimate of drug-likeness (QED) is 0.765. The summed E-state index contributed by atoms with van der Waals surface area (Å²) in [6, 6.07) is 8.10. The lowest BCUT2D eigenvalue weighted by atomic mass is 10.1. The first kappa shape index (κ1) is 17.5. The topological polar surface area (TPSA) is 77.4 Å². The van der Waals surface area contributed by atoms with Gasteiger partial charge in [0.15, 0.2) is 0 Å². The van der Waals surface area contributed by atoms with E-state index in [0.29, 0.717) is 23.2 Å². The van der Waals surface area contributed by atoms with E-state index in [-0.39, 0.29) is 6.61 Å². The number of carbonyl (C=O) groups is 2. The number of thiophene rings is 1. The number of ether oxygens (including phenoxy) is 1. The van der Waals surface area contributed by atoms with Crippen LogP contribution in [0.1, 0.15) is 5.56 Å². The molecule has 0 atom stereocenters. The maximum atomic E-state index is 12.3. The number of fused-ring (bicyclic) bond motifs is 3. The summed E-state index contributed by atoms with van der Waals surface area (Å²) in [4.78, 5) is 31.8. The molecule has 0 unspecified atom stereocenters. The number of hydrogen-bond acceptors (Lipinski definition) is 8. The Morgan fingerprint density at radius 2 is 1.96 bits per heavy atom. The maximum absolute atomic E-state index is 12.3. The van der Waals surface area contributed by atoms with Gasteiger partial charge in [0.05, 0.1) is 18.8 Å². The van der Waals surface area contributed by atoms with Crippen LogP contribution in [0.15, 0.2) is 51.7 Å². The summed E-state index contributed by atoms with van der Waals surface area (Å²) >= 11 is 1.64. The Morgan fingerprint density at radius 3 is 2.71 bits per heavy atom. The molecule has 0 amide bonds. The monoisotopic (exact) mass is 416 g/mol. The van der Waals surface area contributed by atoms with Crippen LogP contribution in [0, 0.1) is 0 Å². The second-order valence-corrected chi connectivity index (χ2v) is 9.42. The van der Waals surface area contributed by atoms with E-state index in [0.717, 1.165) is 33.5 Å². The molecule has 0 radical (unpaired) electrons. The van der Waals surface area contributed by atoms with Gasteiger partial charge in [0, 0.05) is 46.8 Å². The van der Waals surface area contributed by atoms with Crippen molar-refractivity contribution in [1.29, 1.82) is 0 Å². The number of nitrogens with zero attached hydrogens (tertiary/aromatic N) is 2. The molecule has 9 heteroatoms. The zero-order valence-electron chi connectivity index (χ0n) is 14.9. The van der Waals surface area contributed by atoms with Crippen molar-refractivity contribution < 1.29 is 22.7 Å². The number of methoxy groups -OCH3 is 1.